The van der Waals surface area contributed by atoms with Crippen LogP contribution in [0.15, 0.2) is 17.0 Å². The van der Waals surface area contributed by atoms with Crippen molar-refractivity contribution in [2.24, 2.45) is 0 Å². The summed E-state index contributed by atoms with van der Waals surface area (Å²) in [6.07, 6.45) is 9.05. The molecule has 1 unspecified atom stereocenters. The van der Waals surface area contributed by atoms with Crippen LogP contribution in [-0.2, 0) is 0 Å². The molecule has 3 nitrogen and oxygen atoms in total. The predicted octanol–water partition coefficient (Wildman–Crippen LogP) is 2.06. The molecule has 1 aromatic rings. The Balaban J connectivity index is 2.64. The Morgan fingerprint density at radius 3 is 3.15 bits per heavy atom. The summed E-state index contributed by atoms with van der Waals surface area (Å²) in [5.41, 5.74) is 0. The molecule has 0 amide bonds. The molecule has 0 aliphatic rings. The van der Waals surface area contributed by atoms with Gasteiger partial charge in [-0.1, -0.05) is 0 Å². The number of terminal acetylenes is 1. The second-order valence-corrected chi connectivity index (χ2v) is 3.53. The highest BCUT2D eigenvalue weighted by molar-refractivity contribution is 9.10. The van der Waals surface area contributed by atoms with E-state index in [1.54, 1.807) is 6.20 Å². The van der Waals surface area contributed by atoms with Crippen molar-refractivity contribution in [3.63, 3.8) is 0 Å². The largest absolute Gasteiger partial charge is 0.366 e. The molecule has 1 rings (SSSR count). The summed E-state index contributed by atoms with van der Waals surface area (Å²) in [4.78, 5) is 7.92. The molecule has 0 aliphatic heterocycles. The number of anilines is 1. The number of hydrogen-bond acceptors (Lipinski definition) is 3. The maximum absolute atomic E-state index is 5.19. The molecule has 4 heteroatoms. The Labute approximate surface area is 86.1 Å². The maximum Gasteiger partial charge on any atom is 0.143 e. The number of halogens is 1. The first kappa shape index (κ1) is 10.0. The van der Waals surface area contributed by atoms with Crippen LogP contribution in [0.1, 0.15) is 13.3 Å². The highest BCUT2D eigenvalue weighted by atomic mass is 79.9. The summed E-state index contributed by atoms with van der Waals surface area (Å²) in [6.45, 7) is 2.01. The van der Waals surface area contributed by atoms with E-state index in [0.717, 1.165) is 10.3 Å². The van der Waals surface area contributed by atoms with Crippen molar-refractivity contribution < 1.29 is 0 Å². The number of nitrogens with zero attached hydrogens (tertiary/aromatic N) is 2. The third-order valence-corrected chi connectivity index (χ3v) is 2.06. The van der Waals surface area contributed by atoms with E-state index in [1.165, 1.54) is 6.33 Å². The van der Waals surface area contributed by atoms with Crippen LogP contribution in [0, 0.1) is 12.3 Å². The van der Waals surface area contributed by atoms with E-state index in [0.29, 0.717) is 6.42 Å². The van der Waals surface area contributed by atoms with Crippen LogP contribution >= 0.6 is 15.9 Å². The Morgan fingerprint density at radius 2 is 2.54 bits per heavy atom. The molecule has 13 heavy (non-hydrogen) atoms. The van der Waals surface area contributed by atoms with Gasteiger partial charge in [-0.25, -0.2) is 9.97 Å². The van der Waals surface area contributed by atoms with Crippen LogP contribution in [0.3, 0.4) is 0 Å². The second kappa shape index (κ2) is 4.83. The first-order valence-corrected chi connectivity index (χ1v) is 4.69. The van der Waals surface area contributed by atoms with Gasteiger partial charge < -0.3 is 5.32 Å². The minimum atomic E-state index is 0.219. The zero-order valence-electron chi connectivity index (χ0n) is 7.29. The summed E-state index contributed by atoms with van der Waals surface area (Å²) in [5, 5.41) is 3.17. The quantitative estimate of drug-likeness (QED) is 0.822. The normalized spacial score (nSPS) is 11.8. The van der Waals surface area contributed by atoms with Crippen molar-refractivity contribution in [1.82, 2.24) is 9.97 Å². The summed E-state index contributed by atoms with van der Waals surface area (Å²) in [5.74, 6) is 3.36. The molecular weight excluding hydrogens is 230 g/mol. The van der Waals surface area contributed by atoms with Crippen LogP contribution in [0.4, 0.5) is 5.82 Å². The average molecular weight is 240 g/mol. The van der Waals surface area contributed by atoms with Crippen molar-refractivity contribution in [3.05, 3.63) is 17.0 Å². The Hall–Kier alpha value is -1.08. The lowest BCUT2D eigenvalue weighted by atomic mass is 10.2. The molecule has 0 saturated heterocycles. The minimum Gasteiger partial charge on any atom is -0.366 e. The molecule has 68 valence electrons. The average Bonchev–Trinajstić information content (AvgIpc) is 2.09. The lowest BCUT2D eigenvalue weighted by Gasteiger charge is -2.11. The number of aromatic nitrogens is 2. The molecule has 1 N–H and O–H groups in total. The monoisotopic (exact) mass is 239 g/mol. The van der Waals surface area contributed by atoms with Gasteiger partial charge in [-0.3, -0.25) is 0 Å². The zero-order valence-corrected chi connectivity index (χ0v) is 8.87. The van der Waals surface area contributed by atoms with Crippen molar-refractivity contribution in [3.8, 4) is 12.3 Å². The van der Waals surface area contributed by atoms with Gasteiger partial charge in [-0.15, -0.1) is 12.3 Å². The summed E-state index contributed by atoms with van der Waals surface area (Å²) >= 11 is 3.34. The Kier molecular flexibility index (Phi) is 3.71. The topological polar surface area (TPSA) is 37.8 Å². The van der Waals surface area contributed by atoms with E-state index in [4.69, 9.17) is 6.42 Å². The smallest absolute Gasteiger partial charge is 0.143 e. The first-order valence-electron chi connectivity index (χ1n) is 3.89. The fourth-order valence-electron chi connectivity index (χ4n) is 0.880. The van der Waals surface area contributed by atoms with Crippen molar-refractivity contribution in [1.29, 1.82) is 0 Å². The summed E-state index contributed by atoms with van der Waals surface area (Å²) < 4.78 is 0.846. The van der Waals surface area contributed by atoms with Crippen molar-refractivity contribution in [2.45, 2.75) is 19.4 Å². The lowest BCUT2D eigenvalue weighted by molar-refractivity contribution is 0.818. The molecule has 0 spiro atoms. The van der Waals surface area contributed by atoms with Crippen molar-refractivity contribution >= 4 is 21.7 Å². The number of rotatable bonds is 3. The van der Waals surface area contributed by atoms with Crippen LogP contribution in [-0.4, -0.2) is 16.0 Å². The lowest BCUT2D eigenvalue weighted by Crippen LogP contribution is -2.15. The van der Waals surface area contributed by atoms with E-state index < -0.39 is 0 Å². The molecule has 0 bridgehead atoms. The summed E-state index contributed by atoms with van der Waals surface area (Å²) in [7, 11) is 0. The SMILES string of the molecule is C#CCC(C)Nc1ncncc1Br. The highest BCUT2D eigenvalue weighted by Gasteiger charge is 2.03. The summed E-state index contributed by atoms with van der Waals surface area (Å²) in [6, 6.07) is 0.219. The van der Waals surface area contributed by atoms with E-state index in [1.807, 2.05) is 6.92 Å². The van der Waals surface area contributed by atoms with Crippen LogP contribution in [0.2, 0.25) is 0 Å². The first-order chi connectivity index (χ1) is 6.24. The standard InChI is InChI=1S/C9H10BrN3/c1-3-4-7(2)13-9-8(10)5-11-6-12-9/h1,5-7H,4H2,2H3,(H,11,12,13). The molecule has 1 heterocycles. The van der Waals surface area contributed by atoms with Gasteiger partial charge in [0.2, 0.25) is 0 Å². The maximum atomic E-state index is 5.19. The van der Waals surface area contributed by atoms with Gasteiger partial charge >= 0.3 is 0 Å². The molecule has 0 aromatic carbocycles. The van der Waals surface area contributed by atoms with E-state index in [-0.39, 0.29) is 6.04 Å². The third-order valence-electron chi connectivity index (χ3n) is 1.47. The third kappa shape index (κ3) is 3.03. The predicted molar refractivity (Wildman–Crippen MR) is 56.3 cm³/mol. The zero-order chi connectivity index (χ0) is 9.68. The van der Waals surface area contributed by atoms with E-state index in [2.05, 4.69) is 37.1 Å². The molecule has 0 aliphatic carbocycles. The molecule has 0 saturated carbocycles. The Morgan fingerprint density at radius 1 is 1.77 bits per heavy atom. The number of hydrogen-bond donors (Lipinski definition) is 1. The second-order valence-electron chi connectivity index (χ2n) is 2.67. The molecular formula is C9H10BrN3. The van der Waals surface area contributed by atoms with Gasteiger partial charge in [-0.05, 0) is 22.9 Å². The van der Waals surface area contributed by atoms with E-state index >= 15 is 0 Å². The van der Waals surface area contributed by atoms with Gasteiger partial charge in [0.15, 0.2) is 0 Å². The van der Waals surface area contributed by atoms with Gasteiger partial charge in [0, 0.05) is 18.7 Å². The number of nitrogens with one attached hydrogen (secondary N) is 1. The molecule has 0 fully saturated rings. The fourth-order valence-corrected chi connectivity index (χ4v) is 1.22. The van der Waals surface area contributed by atoms with Crippen LogP contribution < -0.4 is 5.32 Å². The minimum absolute atomic E-state index is 0.219. The van der Waals surface area contributed by atoms with Gasteiger partial charge in [0.1, 0.15) is 12.1 Å². The van der Waals surface area contributed by atoms with Gasteiger partial charge in [0.05, 0.1) is 4.47 Å². The fraction of sp³-hybridized carbons (Fsp3) is 0.333. The van der Waals surface area contributed by atoms with Crippen molar-refractivity contribution in [2.75, 3.05) is 5.32 Å². The van der Waals surface area contributed by atoms with Crippen LogP contribution in [0.25, 0.3) is 0 Å². The highest BCUT2D eigenvalue weighted by Crippen LogP contribution is 2.18. The Bertz CT molecular complexity index is 319. The van der Waals surface area contributed by atoms with E-state index in [9.17, 15) is 0 Å². The van der Waals surface area contributed by atoms with Crippen LogP contribution in [0.5, 0.6) is 0 Å². The molecule has 0 radical (unpaired) electrons. The molecule has 1 atom stereocenters. The molecule has 1 aromatic heterocycles. The van der Waals surface area contributed by atoms with Gasteiger partial charge in [0.25, 0.3) is 0 Å². The van der Waals surface area contributed by atoms with Gasteiger partial charge in [-0.2, -0.15) is 0 Å².